The van der Waals surface area contributed by atoms with Crippen LogP contribution >= 0.6 is 0 Å². The number of rotatable bonds is 6. The van der Waals surface area contributed by atoms with Crippen molar-refractivity contribution in [1.29, 1.82) is 0 Å². The quantitative estimate of drug-likeness (QED) is 0.876. The Labute approximate surface area is 132 Å². The van der Waals surface area contributed by atoms with E-state index in [4.69, 9.17) is 0 Å². The highest BCUT2D eigenvalue weighted by molar-refractivity contribution is 5.84. The van der Waals surface area contributed by atoms with Crippen LogP contribution in [0.3, 0.4) is 0 Å². The van der Waals surface area contributed by atoms with Crippen LogP contribution in [0.5, 0.6) is 0 Å². The Morgan fingerprint density at radius 2 is 1.86 bits per heavy atom. The van der Waals surface area contributed by atoms with Crippen LogP contribution in [0.4, 0.5) is 4.79 Å². The maximum atomic E-state index is 12.3. The van der Waals surface area contributed by atoms with Crippen molar-refractivity contribution in [1.82, 2.24) is 15.1 Å². The summed E-state index contributed by atoms with van der Waals surface area (Å²) >= 11 is 0. The summed E-state index contributed by atoms with van der Waals surface area (Å²) in [6.45, 7) is 5.01. The van der Waals surface area contributed by atoms with Gasteiger partial charge in [0.2, 0.25) is 5.91 Å². The zero-order chi connectivity index (χ0) is 15.8. The van der Waals surface area contributed by atoms with Crippen LogP contribution in [-0.4, -0.2) is 47.9 Å². The van der Waals surface area contributed by atoms with Gasteiger partial charge in [0.1, 0.15) is 0 Å². The van der Waals surface area contributed by atoms with Crippen molar-refractivity contribution in [2.45, 2.75) is 32.7 Å². The van der Waals surface area contributed by atoms with Crippen LogP contribution in [0.15, 0.2) is 30.3 Å². The fourth-order valence-electron chi connectivity index (χ4n) is 2.67. The van der Waals surface area contributed by atoms with Crippen LogP contribution in [-0.2, 0) is 11.3 Å². The number of amides is 3. The molecule has 1 N–H and O–H groups in total. The molecule has 0 radical (unpaired) electrons. The number of carbonyl (C=O) groups is 2. The summed E-state index contributed by atoms with van der Waals surface area (Å²) in [5, 5.41) is 2.76. The fourth-order valence-corrected chi connectivity index (χ4v) is 2.67. The first-order chi connectivity index (χ1) is 10.7. The standard InChI is InChI=1S/C17H25N3O2/c1-2-10-20(14-15-8-4-3-5-9-15)17(22)18-13-16(21)19-11-6-7-12-19/h3-5,8-9H,2,6-7,10-14H2,1H3,(H,18,22). The Kier molecular flexibility index (Phi) is 6.25. The summed E-state index contributed by atoms with van der Waals surface area (Å²) in [5.74, 6) is 0.0157. The van der Waals surface area contributed by atoms with Gasteiger partial charge in [-0.15, -0.1) is 0 Å². The lowest BCUT2D eigenvalue weighted by atomic mass is 10.2. The molecule has 0 aromatic heterocycles. The molecule has 0 spiro atoms. The number of benzene rings is 1. The Bertz CT molecular complexity index is 484. The van der Waals surface area contributed by atoms with E-state index in [2.05, 4.69) is 5.32 Å². The van der Waals surface area contributed by atoms with E-state index in [9.17, 15) is 9.59 Å². The molecule has 0 atom stereocenters. The molecule has 0 saturated carbocycles. The van der Waals surface area contributed by atoms with Crippen LogP contribution in [0.1, 0.15) is 31.7 Å². The minimum absolute atomic E-state index is 0.0157. The molecule has 1 aromatic carbocycles. The Balaban J connectivity index is 1.84. The summed E-state index contributed by atoms with van der Waals surface area (Å²) in [4.78, 5) is 27.9. The van der Waals surface area contributed by atoms with Crippen LogP contribution < -0.4 is 5.32 Å². The molecule has 5 heteroatoms. The molecule has 120 valence electrons. The van der Waals surface area contributed by atoms with Crippen molar-refractivity contribution >= 4 is 11.9 Å². The van der Waals surface area contributed by atoms with Crippen molar-refractivity contribution in [2.24, 2.45) is 0 Å². The molecule has 2 rings (SSSR count). The highest BCUT2D eigenvalue weighted by Gasteiger charge is 2.19. The normalized spacial score (nSPS) is 14.0. The average Bonchev–Trinajstić information content (AvgIpc) is 3.07. The van der Waals surface area contributed by atoms with Gasteiger partial charge < -0.3 is 15.1 Å². The largest absolute Gasteiger partial charge is 0.341 e. The van der Waals surface area contributed by atoms with E-state index in [0.717, 1.165) is 37.9 Å². The van der Waals surface area contributed by atoms with Gasteiger partial charge in [-0.05, 0) is 24.8 Å². The number of hydrogen-bond acceptors (Lipinski definition) is 2. The minimum Gasteiger partial charge on any atom is -0.341 e. The molecule has 1 aromatic rings. The van der Waals surface area contributed by atoms with Crippen LogP contribution in [0.25, 0.3) is 0 Å². The van der Waals surface area contributed by atoms with Gasteiger partial charge >= 0.3 is 6.03 Å². The second-order valence-electron chi connectivity index (χ2n) is 5.65. The lowest BCUT2D eigenvalue weighted by molar-refractivity contribution is -0.129. The molecular formula is C17H25N3O2. The molecule has 1 fully saturated rings. The number of hydrogen-bond donors (Lipinski definition) is 1. The van der Waals surface area contributed by atoms with Gasteiger partial charge in [0.15, 0.2) is 0 Å². The van der Waals surface area contributed by atoms with Crippen molar-refractivity contribution in [3.63, 3.8) is 0 Å². The third-order valence-corrected chi connectivity index (χ3v) is 3.85. The summed E-state index contributed by atoms with van der Waals surface area (Å²) in [6, 6.07) is 9.74. The van der Waals surface area contributed by atoms with Crippen molar-refractivity contribution in [3.05, 3.63) is 35.9 Å². The average molecular weight is 303 g/mol. The summed E-state index contributed by atoms with van der Waals surface area (Å²) < 4.78 is 0. The molecule has 0 unspecified atom stereocenters. The summed E-state index contributed by atoms with van der Waals surface area (Å²) in [7, 11) is 0. The van der Waals surface area contributed by atoms with Crippen molar-refractivity contribution < 1.29 is 9.59 Å². The molecule has 1 heterocycles. The van der Waals surface area contributed by atoms with Crippen molar-refractivity contribution in [2.75, 3.05) is 26.2 Å². The van der Waals surface area contributed by atoms with Crippen LogP contribution in [0, 0.1) is 0 Å². The predicted molar refractivity (Wildman–Crippen MR) is 86.4 cm³/mol. The third kappa shape index (κ3) is 4.76. The monoisotopic (exact) mass is 303 g/mol. The third-order valence-electron chi connectivity index (χ3n) is 3.85. The number of carbonyl (C=O) groups excluding carboxylic acids is 2. The second kappa shape index (κ2) is 8.41. The van der Waals surface area contributed by atoms with E-state index >= 15 is 0 Å². The highest BCUT2D eigenvalue weighted by atomic mass is 16.2. The molecule has 0 aliphatic carbocycles. The Morgan fingerprint density at radius 1 is 1.18 bits per heavy atom. The van der Waals surface area contributed by atoms with Gasteiger partial charge in [0.05, 0.1) is 6.54 Å². The van der Waals surface area contributed by atoms with E-state index in [1.54, 1.807) is 4.90 Å². The lowest BCUT2D eigenvalue weighted by Crippen LogP contribution is -2.45. The maximum absolute atomic E-state index is 12.3. The molecule has 1 aliphatic heterocycles. The van der Waals surface area contributed by atoms with E-state index in [-0.39, 0.29) is 18.5 Å². The van der Waals surface area contributed by atoms with Crippen molar-refractivity contribution in [3.8, 4) is 0 Å². The zero-order valence-electron chi connectivity index (χ0n) is 13.3. The first-order valence-corrected chi connectivity index (χ1v) is 8.05. The molecule has 5 nitrogen and oxygen atoms in total. The smallest absolute Gasteiger partial charge is 0.318 e. The molecular weight excluding hydrogens is 278 g/mol. The summed E-state index contributed by atoms with van der Waals surface area (Å²) in [5.41, 5.74) is 1.09. The van der Waals surface area contributed by atoms with E-state index in [0.29, 0.717) is 13.1 Å². The number of nitrogens with zero attached hydrogens (tertiary/aromatic N) is 2. The van der Waals surface area contributed by atoms with E-state index < -0.39 is 0 Å². The number of nitrogens with one attached hydrogen (secondary N) is 1. The fraction of sp³-hybridized carbons (Fsp3) is 0.529. The molecule has 1 saturated heterocycles. The predicted octanol–water partition coefficient (Wildman–Crippen LogP) is 2.23. The number of likely N-dealkylation sites (tertiary alicyclic amines) is 1. The first kappa shape index (κ1) is 16.3. The summed E-state index contributed by atoms with van der Waals surface area (Å²) in [6.07, 6.45) is 3.02. The molecule has 22 heavy (non-hydrogen) atoms. The lowest BCUT2D eigenvalue weighted by Gasteiger charge is -2.23. The molecule has 0 bridgehead atoms. The van der Waals surface area contributed by atoms with Gasteiger partial charge in [0, 0.05) is 26.2 Å². The Morgan fingerprint density at radius 3 is 2.50 bits per heavy atom. The van der Waals surface area contributed by atoms with Gasteiger partial charge in [0.25, 0.3) is 0 Å². The SMILES string of the molecule is CCCN(Cc1ccccc1)C(=O)NCC(=O)N1CCCC1. The minimum atomic E-state index is -0.168. The molecule has 3 amide bonds. The number of urea groups is 1. The maximum Gasteiger partial charge on any atom is 0.318 e. The highest BCUT2D eigenvalue weighted by Crippen LogP contribution is 2.08. The van der Waals surface area contributed by atoms with E-state index in [1.165, 1.54) is 0 Å². The van der Waals surface area contributed by atoms with E-state index in [1.807, 2.05) is 42.2 Å². The van der Waals surface area contributed by atoms with Crippen LogP contribution in [0.2, 0.25) is 0 Å². The molecule has 1 aliphatic rings. The first-order valence-electron chi connectivity index (χ1n) is 8.05. The topological polar surface area (TPSA) is 52.7 Å². The second-order valence-corrected chi connectivity index (χ2v) is 5.65. The van der Waals surface area contributed by atoms with Gasteiger partial charge in [-0.3, -0.25) is 4.79 Å². The van der Waals surface area contributed by atoms with Gasteiger partial charge in [-0.1, -0.05) is 37.3 Å². The van der Waals surface area contributed by atoms with Gasteiger partial charge in [-0.25, -0.2) is 4.79 Å². The zero-order valence-corrected chi connectivity index (χ0v) is 13.3. The van der Waals surface area contributed by atoms with Gasteiger partial charge in [-0.2, -0.15) is 0 Å². The Hall–Kier alpha value is -2.04.